The van der Waals surface area contributed by atoms with E-state index in [9.17, 15) is 0 Å². The zero-order valence-electron chi connectivity index (χ0n) is 8.77. The Balaban J connectivity index is 2.68. The number of furan rings is 1. The Kier molecular flexibility index (Phi) is 2.97. The van der Waals surface area contributed by atoms with Crippen LogP contribution in [0.5, 0.6) is 5.88 Å². The Bertz CT molecular complexity index is 603. The van der Waals surface area contributed by atoms with Crippen molar-refractivity contribution in [1.29, 1.82) is 5.26 Å². The monoisotopic (exact) mass is 294 g/mol. The van der Waals surface area contributed by atoms with Crippen molar-refractivity contribution in [2.75, 3.05) is 12.8 Å². The first kappa shape index (κ1) is 11.4. The molecule has 0 aliphatic heterocycles. The highest BCUT2D eigenvalue weighted by Gasteiger charge is 2.18. The van der Waals surface area contributed by atoms with Gasteiger partial charge in [-0.3, -0.25) is 0 Å². The number of rotatable bonds is 2. The van der Waals surface area contributed by atoms with Gasteiger partial charge in [0, 0.05) is 0 Å². The molecule has 0 aliphatic rings. The van der Waals surface area contributed by atoms with Crippen LogP contribution in [-0.2, 0) is 0 Å². The molecule has 17 heavy (non-hydrogen) atoms. The van der Waals surface area contributed by atoms with Crippen LogP contribution in [0.15, 0.2) is 21.2 Å². The van der Waals surface area contributed by atoms with Gasteiger partial charge in [0.15, 0.2) is 10.4 Å². The molecule has 0 fully saturated rings. The summed E-state index contributed by atoms with van der Waals surface area (Å²) < 4.78 is 10.8. The Morgan fingerprint density at radius 2 is 2.24 bits per heavy atom. The van der Waals surface area contributed by atoms with Crippen LogP contribution in [0.1, 0.15) is 5.56 Å². The maximum atomic E-state index is 9.09. The molecule has 2 rings (SSSR count). The van der Waals surface area contributed by atoms with Crippen LogP contribution in [0.2, 0.25) is 0 Å². The molecule has 7 heteroatoms. The van der Waals surface area contributed by atoms with Crippen molar-refractivity contribution in [2.45, 2.75) is 0 Å². The highest BCUT2D eigenvalue weighted by atomic mass is 79.9. The van der Waals surface area contributed by atoms with Gasteiger partial charge in [-0.1, -0.05) is 0 Å². The van der Waals surface area contributed by atoms with Gasteiger partial charge in [-0.25, -0.2) is 4.98 Å². The van der Waals surface area contributed by atoms with Crippen molar-refractivity contribution in [3.63, 3.8) is 0 Å². The highest BCUT2D eigenvalue weighted by Crippen LogP contribution is 2.30. The summed E-state index contributed by atoms with van der Waals surface area (Å²) in [5.74, 6) is 0.562. The lowest BCUT2D eigenvalue weighted by Crippen LogP contribution is -2.02. The van der Waals surface area contributed by atoms with Gasteiger partial charge in [0.2, 0.25) is 11.8 Å². The standard InChI is InChI=1S/C10H7BrN4O2/c1-16-9-5(4-12)8(14-10(13)15-9)6-2-3-7(11)17-6/h2-3H,1H3,(H2,13,14,15). The van der Waals surface area contributed by atoms with Gasteiger partial charge >= 0.3 is 0 Å². The van der Waals surface area contributed by atoms with E-state index < -0.39 is 0 Å². The van der Waals surface area contributed by atoms with Crippen molar-refractivity contribution in [3.8, 4) is 23.4 Å². The van der Waals surface area contributed by atoms with E-state index in [0.29, 0.717) is 16.1 Å². The second-order valence-corrected chi connectivity index (χ2v) is 3.81. The molecule has 0 aromatic carbocycles. The fraction of sp³-hybridized carbons (Fsp3) is 0.100. The van der Waals surface area contributed by atoms with E-state index in [4.69, 9.17) is 20.1 Å². The Hall–Kier alpha value is -2.07. The van der Waals surface area contributed by atoms with Gasteiger partial charge in [0.25, 0.3) is 0 Å². The summed E-state index contributed by atoms with van der Waals surface area (Å²) in [5.41, 5.74) is 6.03. The lowest BCUT2D eigenvalue weighted by molar-refractivity contribution is 0.396. The Morgan fingerprint density at radius 1 is 1.47 bits per heavy atom. The molecule has 0 atom stereocenters. The summed E-state index contributed by atoms with van der Waals surface area (Å²) in [7, 11) is 1.41. The predicted octanol–water partition coefficient (Wildman–Crippen LogP) is 1.96. The molecule has 2 aromatic rings. The number of aromatic nitrogens is 2. The molecule has 0 radical (unpaired) electrons. The second-order valence-electron chi connectivity index (χ2n) is 3.03. The van der Waals surface area contributed by atoms with Crippen LogP contribution in [0, 0.1) is 11.3 Å². The molecule has 0 aliphatic carbocycles. The number of ether oxygens (including phenoxy) is 1. The molecule has 2 heterocycles. The molecular weight excluding hydrogens is 288 g/mol. The normalized spacial score (nSPS) is 9.94. The van der Waals surface area contributed by atoms with Crippen molar-refractivity contribution in [3.05, 3.63) is 22.4 Å². The van der Waals surface area contributed by atoms with Gasteiger partial charge in [-0.05, 0) is 28.1 Å². The molecular formula is C10H7BrN4O2. The number of methoxy groups -OCH3 is 1. The predicted molar refractivity (Wildman–Crippen MR) is 63.1 cm³/mol. The van der Waals surface area contributed by atoms with Gasteiger partial charge in [0.05, 0.1) is 7.11 Å². The first-order chi connectivity index (χ1) is 8.15. The van der Waals surface area contributed by atoms with Gasteiger partial charge in [0.1, 0.15) is 17.3 Å². The Labute approximate surface area is 105 Å². The van der Waals surface area contributed by atoms with Crippen LogP contribution in [-0.4, -0.2) is 17.1 Å². The van der Waals surface area contributed by atoms with Gasteiger partial charge in [-0.2, -0.15) is 10.2 Å². The number of nitrogens with two attached hydrogens (primary N) is 1. The van der Waals surface area contributed by atoms with Crippen molar-refractivity contribution >= 4 is 21.9 Å². The van der Waals surface area contributed by atoms with E-state index in [1.165, 1.54) is 7.11 Å². The molecule has 6 nitrogen and oxygen atoms in total. The van der Waals surface area contributed by atoms with Gasteiger partial charge in [-0.15, -0.1) is 0 Å². The minimum Gasteiger partial charge on any atom is -0.480 e. The van der Waals surface area contributed by atoms with Crippen LogP contribution in [0.25, 0.3) is 11.5 Å². The maximum Gasteiger partial charge on any atom is 0.237 e. The number of nitrogen functional groups attached to an aromatic ring is 1. The van der Waals surface area contributed by atoms with Gasteiger partial charge < -0.3 is 14.9 Å². The summed E-state index contributed by atoms with van der Waals surface area (Å²) in [5, 5.41) is 9.09. The van der Waals surface area contributed by atoms with Crippen LogP contribution < -0.4 is 10.5 Å². The second kappa shape index (κ2) is 4.43. The van der Waals surface area contributed by atoms with Crippen molar-refractivity contribution in [2.24, 2.45) is 0 Å². The summed E-state index contributed by atoms with van der Waals surface area (Å²) in [6.07, 6.45) is 0. The van der Waals surface area contributed by atoms with Crippen LogP contribution in [0.4, 0.5) is 5.95 Å². The first-order valence-corrected chi connectivity index (χ1v) is 5.32. The highest BCUT2D eigenvalue weighted by molar-refractivity contribution is 9.10. The van der Waals surface area contributed by atoms with Crippen LogP contribution >= 0.6 is 15.9 Å². The summed E-state index contributed by atoms with van der Waals surface area (Å²) in [4.78, 5) is 7.81. The molecule has 0 bridgehead atoms. The van der Waals surface area contributed by atoms with E-state index in [0.717, 1.165) is 0 Å². The molecule has 0 unspecified atom stereocenters. The number of anilines is 1. The quantitative estimate of drug-likeness (QED) is 0.909. The average Bonchev–Trinajstić information content (AvgIpc) is 2.74. The fourth-order valence-corrected chi connectivity index (χ4v) is 1.63. The molecule has 86 valence electrons. The van der Waals surface area contributed by atoms with E-state index in [-0.39, 0.29) is 17.4 Å². The molecule has 2 aromatic heterocycles. The van der Waals surface area contributed by atoms with E-state index in [1.54, 1.807) is 12.1 Å². The fourth-order valence-electron chi connectivity index (χ4n) is 1.33. The summed E-state index contributed by atoms with van der Waals surface area (Å²) >= 11 is 3.17. The smallest absolute Gasteiger partial charge is 0.237 e. The van der Waals surface area contributed by atoms with Crippen LogP contribution in [0.3, 0.4) is 0 Å². The molecule has 0 spiro atoms. The first-order valence-electron chi connectivity index (χ1n) is 4.53. The third kappa shape index (κ3) is 2.07. The molecule has 2 N–H and O–H groups in total. The lowest BCUT2D eigenvalue weighted by Gasteiger charge is -2.05. The third-order valence-electron chi connectivity index (χ3n) is 2.00. The molecule has 0 amide bonds. The molecule has 0 saturated heterocycles. The zero-order chi connectivity index (χ0) is 12.4. The minimum absolute atomic E-state index is 0.0170. The maximum absolute atomic E-state index is 9.09. The largest absolute Gasteiger partial charge is 0.480 e. The molecule has 0 saturated carbocycles. The van der Waals surface area contributed by atoms with Crippen molar-refractivity contribution in [1.82, 2.24) is 9.97 Å². The van der Waals surface area contributed by atoms with Crippen molar-refractivity contribution < 1.29 is 9.15 Å². The number of nitriles is 1. The third-order valence-corrected chi connectivity index (χ3v) is 2.43. The zero-order valence-corrected chi connectivity index (χ0v) is 10.4. The Morgan fingerprint density at radius 3 is 2.76 bits per heavy atom. The number of nitrogens with zero attached hydrogens (tertiary/aromatic N) is 3. The number of halogens is 1. The van der Waals surface area contributed by atoms with E-state index in [2.05, 4.69) is 25.9 Å². The topological polar surface area (TPSA) is 98.0 Å². The summed E-state index contributed by atoms with van der Waals surface area (Å²) in [6.45, 7) is 0. The summed E-state index contributed by atoms with van der Waals surface area (Å²) in [6, 6.07) is 5.34. The number of hydrogen-bond donors (Lipinski definition) is 1. The minimum atomic E-state index is 0.0170. The van der Waals surface area contributed by atoms with E-state index >= 15 is 0 Å². The SMILES string of the molecule is COc1nc(N)nc(-c2ccc(Br)o2)c1C#N. The lowest BCUT2D eigenvalue weighted by atomic mass is 10.2. The average molecular weight is 295 g/mol. The number of hydrogen-bond acceptors (Lipinski definition) is 6. The van der Waals surface area contributed by atoms with E-state index in [1.807, 2.05) is 6.07 Å².